The lowest BCUT2D eigenvalue weighted by Crippen LogP contribution is -2.28. The Morgan fingerprint density at radius 1 is 1.39 bits per heavy atom. The summed E-state index contributed by atoms with van der Waals surface area (Å²) in [6, 6.07) is 7.04. The van der Waals surface area contributed by atoms with E-state index in [0.29, 0.717) is 24.3 Å². The van der Waals surface area contributed by atoms with Crippen LogP contribution in [0.15, 0.2) is 36.7 Å². The molecule has 18 heavy (non-hydrogen) atoms. The van der Waals surface area contributed by atoms with Crippen LogP contribution in [-0.2, 0) is 6.54 Å². The second kappa shape index (κ2) is 5.78. The molecule has 0 bridgehead atoms. The van der Waals surface area contributed by atoms with Gasteiger partial charge in [0.2, 0.25) is 0 Å². The molecule has 0 unspecified atom stereocenters. The van der Waals surface area contributed by atoms with Crippen molar-refractivity contribution in [3.05, 3.63) is 42.2 Å². The highest BCUT2D eigenvalue weighted by Crippen LogP contribution is 2.12. The maximum absolute atomic E-state index is 11.9. The number of carbonyl (C=O) groups excluding carboxylic acids is 1. The number of hydrogen-bond donors (Lipinski definition) is 3. The van der Waals surface area contributed by atoms with Crippen molar-refractivity contribution in [2.24, 2.45) is 5.84 Å². The van der Waals surface area contributed by atoms with Gasteiger partial charge in [-0.05, 0) is 12.1 Å². The number of anilines is 1. The van der Waals surface area contributed by atoms with E-state index in [-0.39, 0.29) is 5.91 Å². The van der Waals surface area contributed by atoms with Crippen LogP contribution in [0.3, 0.4) is 0 Å². The van der Waals surface area contributed by atoms with Gasteiger partial charge >= 0.3 is 0 Å². The van der Waals surface area contributed by atoms with E-state index in [1.54, 1.807) is 41.3 Å². The summed E-state index contributed by atoms with van der Waals surface area (Å²) < 4.78 is 1.65. The Morgan fingerprint density at radius 2 is 2.22 bits per heavy atom. The average Bonchev–Trinajstić information content (AvgIpc) is 2.91. The topological polar surface area (TPSA) is 97.9 Å². The molecule has 0 atom stereocenters. The predicted molar refractivity (Wildman–Crippen MR) is 66.6 cm³/mol. The van der Waals surface area contributed by atoms with E-state index in [9.17, 15) is 4.79 Å². The van der Waals surface area contributed by atoms with Gasteiger partial charge in [0, 0.05) is 12.7 Å². The molecule has 0 spiro atoms. The normalized spacial score (nSPS) is 10.1. The third-order valence-electron chi connectivity index (χ3n) is 2.43. The number of nitrogen functional groups attached to an aromatic ring is 1. The maximum Gasteiger partial charge on any atom is 0.253 e. The molecule has 4 N–H and O–H groups in total. The number of aromatic nitrogens is 3. The quantitative estimate of drug-likeness (QED) is 0.509. The second-order valence-electron chi connectivity index (χ2n) is 3.61. The van der Waals surface area contributed by atoms with Crippen LogP contribution in [-0.4, -0.2) is 27.4 Å². The fourth-order valence-corrected chi connectivity index (χ4v) is 1.54. The van der Waals surface area contributed by atoms with E-state index in [2.05, 4.69) is 21.1 Å². The summed E-state index contributed by atoms with van der Waals surface area (Å²) in [5, 5.41) is 10.3. The first-order chi connectivity index (χ1) is 8.81. The van der Waals surface area contributed by atoms with Crippen LogP contribution in [0, 0.1) is 0 Å². The highest BCUT2D eigenvalue weighted by molar-refractivity contribution is 5.99. The first kappa shape index (κ1) is 12.1. The van der Waals surface area contributed by atoms with Gasteiger partial charge < -0.3 is 10.7 Å². The number of hydrazine groups is 1. The smallest absolute Gasteiger partial charge is 0.253 e. The van der Waals surface area contributed by atoms with Crippen molar-refractivity contribution >= 4 is 11.6 Å². The fourth-order valence-electron chi connectivity index (χ4n) is 1.54. The first-order valence-corrected chi connectivity index (χ1v) is 5.49. The van der Waals surface area contributed by atoms with Crippen LogP contribution in [0.2, 0.25) is 0 Å². The minimum Gasteiger partial charge on any atom is -0.350 e. The molecule has 0 aliphatic heterocycles. The Hall–Kier alpha value is -2.41. The number of nitrogens with one attached hydrogen (secondary N) is 2. The van der Waals surface area contributed by atoms with Crippen molar-refractivity contribution in [2.75, 3.05) is 12.0 Å². The number of para-hydroxylation sites is 1. The summed E-state index contributed by atoms with van der Waals surface area (Å²) in [6.45, 7) is 1.05. The van der Waals surface area contributed by atoms with Crippen molar-refractivity contribution in [2.45, 2.75) is 6.54 Å². The summed E-state index contributed by atoms with van der Waals surface area (Å²) in [5.41, 5.74) is 3.60. The molecule has 0 saturated heterocycles. The molecular formula is C11H14N6O. The van der Waals surface area contributed by atoms with Crippen molar-refractivity contribution in [3.63, 3.8) is 0 Å². The highest BCUT2D eigenvalue weighted by atomic mass is 16.1. The second-order valence-corrected chi connectivity index (χ2v) is 3.61. The number of hydrogen-bond acceptors (Lipinski definition) is 5. The molecule has 2 aromatic rings. The van der Waals surface area contributed by atoms with E-state index in [1.165, 1.54) is 0 Å². The third kappa shape index (κ3) is 2.83. The van der Waals surface area contributed by atoms with Crippen molar-refractivity contribution in [1.82, 2.24) is 20.3 Å². The van der Waals surface area contributed by atoms with Crippen LogP contribution in [0.5, 0.6) is 0 Å². The molecule has 7 heteroatoms. The van der Waals surface area contributed by atoms with Crippen LogP contribution in [0.1, 0.15) is 10.4 Å². The molecule has 2 rings (SSSR count). The highest BCUT2D eigenvalue weighted by Gasteiger charge is 2.09. The summed E-state index contributed by atoms with van der Waals surface area (Å²) in [4.78, 5) is 11.9. The van der Waals surface area contributed by atoms with Crippen LogP contribution >= 0.6 is 0 Å². The lowest BCUT2D eigenvalue weighted by molar-refractivity contribution is 0.0952. The Balaban J connectivity index is 1.91. The van der Waals surface area contributed by atoms with Gasteiger partial charge in [-0.3, -0.25) is 15.3 Å². The number of benzene rings is 1. The van der Waals surface area contributed by atoms with Crippen LogP contribution in [0.4, 0.5) is 5.69 Å². The monoisotopic (exact) mass is 246 g/mol. The van der Waals surface area contributed by atoms with Crippen molar-refractivity contribution in [3.8, 4) is 0 Å². The zero-order chi connectivity index (χ0) is 12.8. The Bertz CT molecular complexity index is 510. The molecule has 7 nitrogen and oxygen atoms in total. The van der Waals surface area contributed by atoms with Gasteiger partial charge in [0.15, 0.2) is 0 Å². The van der Waals surface area contributed by atoms with Crippen molar-refractivity contribution < 1.29 is 4.79 Å². The number of carbonyl (C=O) groups is 1. The predicted octanol–water partition coefficient (Wildman–Crippen LogP) is -0.00630. The molecule has 1 aromatic heterocycles. The molecule has 0 aliphatic carbocycles. The van der Waals surface area contributed by atoms with Crippen LogP contribution in [0.25, 0.3) is 0 Å². The molecule has 1 aromatic carbocycles. The molecule has 0 radical (unpaired) electrons. The third-order valence-corrected chi connectivity index (χ3v) is 2.43. The van der Waals surface area contributed by atoms with Gasteiger partial charge in [-0.15, -0.1) is 5.10 Å². The van der Waals surface area contributed by atoms with Gasteiger partial charge in [0.05, 0.1) is 24.0 Å². The van der Waals surface area contributed by atoms with Crippen LogP contribution < -0.4 is 16.6 Å². The zero-order valence-corrected chi connectivity index (χ0v) is 9.71. The van der Waals surface area contributed by atoms with Gasteiger partial charge in [-0.1, -0.05) is 17.3 Å². The number of rotatable bonds is 5. The Morgan fingerprint density at radius 3 is 2.94 bits per heavy atom. The summed E-state index contributed by atoms with van der Waals surface area (Å²) >= 11 is 0. The molecule has 1 amide bonds. The molecule has 0 saturated carbocycles. The van der Waals surface area contributed by atoms with Gasteiger partial charge in [-0.25, -0.2) is 0 Å². The van der Waals surface area contributed by atoms with Crippen molar-refractivity contribution in [1.29, 1.82) is 0 Å². The standard InChI is InChI=1S/C11H14N6O/c12-15-10-4-2-1-3-9(10)11(18)13-5-7-17-8-6-14-16-17/h1-4,6,8,15H,5,7,12H2,(H,13,18). The fraction of sp³-hybridized carbons (Fsp3) is 0.182. The first-order valence-electron chi connectivity index (χ1n) is 5.49. The molecule has 0 aliphatic rings. The van der Waals surface area contributed by atoms with Gasteiger partial charge in [-0.2, -0.15) is 0 Å². The van der Waals surface area contributed by atoms with E-state index < -0.39 is 0 Å². The molecule has 1 heterocycles. The minimum absolute atomic E-state index is 0.177. The zero-order valence-electron chi connectivity index (χ0n) is 9.71. The number of amides is 1. The number of nitrogens with two attached hydrogens (primary N) is 1. The van der Waals surface area contributed by atoms with Gasteiger partial charge in [0.25, 0.3) is 5.91 Å². The summed E-state index contributed by atoms with van der Waals surface area (Å²) in [6.07, 6.45) is 3.33. The SMILES string of the molecule is NNc1ccccc1C(=O)NCCn1ccnn1. The molecule has 0 fully saturated rings. The van der Waals surface area contributed by atoms with Gasteiger partial charge in [0.1, 0.15) is 0 Å². The minimum atomic E-state index is -0.177. The van der Waals surface area contributed by atoms with E-state index in [0.717, 1.165) is 0 Å². The average molecular weight is 246 g/mol. The molecular weight excluding hydrogens is 232 g/mol. The summed E-state index contributed by atoms with van der Waals surface area (Å²) in [7, 11) is 0. The van der Waals surface area contributed by atoms with E-state index in [1.807, 2.05) is 0 Å². The number of nitrogens with zero attached hydrogens (tertiary/aromatic N) is 3. The lowest BCUT2D eigenvalue weighted by atomic mass is 10.1. The summed E-state index contributed by atoms with van der Waals surface area (Å²) in [5.74, 6) is 5.16. The molecule has 94 valence electrons. The Labute approximate surface area is 104 Å². The maximum atomic E-state index is 11.9. The Kier molecular flexibility index (Phi) is 3.87. The van der Waals surface area contributed by atoms with E-state index in [4.69, 9.17) is 5.84 Å². The van der Waals surface area contributed by atoms with E-state index >= 15 is 0 Å². The lowest BCUT2D eigenvalue weighted by Gasteiger charge is -2.09. The largest absolute Gasteiger partial charge is 0.350 e.